The number of ether oxygens (including phenoxy) is 2. The molecule has 3 aromatic carbocycles. The molecule has 0 radical (unpaired) electrons. The number of aldehydes is 1. The van der Waals surface area contributed by atoms with Gasteiger partial charge in [-0.15, -0.1) is 0 Å². The van der Waals surface area contributed by atoms with Gasteiger partial charge in [0.15, 0.2) is 5.75 Å². The third-order valence-electron chi connectivity index (χ3n) is 4.80. The van der Waals surface area contributed by atoms with Crippen molar-refractivity contribution in [2.75, 3.05) is 11.9 Å². The van der Waals surface area contributed by atoms with Gasteiger partial charge in [0.2, 0.25) is 0 Å². The minimum atomic E-state index is -0.657. The molecule has 156 valence electrons. The highest BCUT2D eigenvalue weighted by molar-refractivity contribution is 6.33. The maximum Gasteiger partial charge on any atom is 0.272 e. The first-order valence-electron chi connectivity index (χ1n) is 9.48. The van der Waals surface area contributed by atoms with Crippen molar-refractivity contribution in [1.29, 1.82) is 0 Å². The number of fused-ring (bicyclic) bond motifs is 1. The molecule has 0 amide bonds. The molecule has 0 aliphatic carbocycles. The Labute approximate surface area is 181 Å². The predicted molar refractivity (Wildman–Crippen MR) is 119 cm³/mol. The van der Waals surface area contributed by atoms with Gasteiger partial charge in [0.1, 0.15) is 23.5 Å². The van der Waals surface area contributed by atoms with E-state index in [0.29, 0.717) is 33.7 Å². The van der Waals surface area contributed by atoms with Crippen molar-refractivity contribution in [2.45, 2.75) is 13.8 Å². The largest absolute Gasteiger partial charge is 0.488 e. The number of hydrogen-bond donors (Lipinski definition) is 1. The van der Waals surface area contributed by atoms with Crippen LogP contribution < -0.4 is 25.6 Å². The molecule has 0 spiro atoms. The second-order valence-corrected chi connectivity index (χ2v) is 7.22. The van der Waals surface area contributed by atoms with Crippen LogP contribution in [0.15, 0.2) is 52.2 Å². The number of nitrogens with one attached hydrogen (secondary N) is 1. The zero-order valence-corrected chi connectivity index (χ0v) is 17.4. The van der Waals surface area contributed by atoms with E-state index in [1.165, 1.54) is 0 Å². The van der Waals surface area contributed by atoms with Crippen LogP contribution >= 0.6 is 11.6 Å². The minimum absolute atomic E-state index is 0.00780. The molecule has 8 heteroatoms. The fourth-order valence-corrected chi connectivity index (χ4v) is 3.41. The van der Waals surface area contributed by atoms with Crippen LogP contribution in [-0.4, -0.2) is 17.9 Å². The Morgan fingerprint density at radius 1 is 1.13 bits per heavy atom. The van der Waals surface area contributed by atoms with Gasteiger partial charge in [-0.1, -0.05) is 11.6 Å². The number of aryl methyl sites for hydroxylation is 1. The molecular formula is C23H17ClN2O5. The summed E-state index contributed by atoms with van der Waals surface area (Å²) in [6, 6.07) is 10.1. The maximum absolute atomic E-state index is 11.8. The molecule has 0 bridgehead atoms. The summed E-state index contributed by atoms with van der Waals surface area (Å²) in [5.41, 5.74) is 1.30. The average molecular weight is 437 g/mol. The molecule has 0 aliphatic rings. The molecule has 31 heavy (non-hydrogen) atoms. The van der Waals surface area contributed by atoms with Gasteiger partial charge in [-0.3, -0.25) is 19.4 Å². The summed E-state index contributed by atoms with van der Waals surface area (Å²) in [7, 11) is 0. The lowest BCUT2D eigenvalue weighted by molar-refractivity contribution is 0.112. The molecule has 4 aromatic rings. The Bertz CT molecular complexity index is 1390. The van der Waals surface area contributed by atoms with Crippen LogP contribution in [0.25, 0.3) is 10.9 Å². The van der Waals surface area contributed by atoms with Crippen molar-refractivity contribution in [2.24, 2.45) is 0 Å². The van der Waals surface area contributed by atoms with Crippen LogP contribution in [0.1, 0.15) is 22.8 Å². The summed E-state index contributed by atoms with van der Waals surface area (Å²) >= 11 is 6.36. The van der Waals surface area contributed by atoms with E-state index >= 15 is 0 Å². The van der Waals surface area contributed by atoms with Gasteiger partial charge in [0, 0.05) is 23.2 Å². The average Bonchev–Trinajstić information content (AvgIpc) is 2.76. The van der Waals surface area contributed by atoms with Crippen LogP contribution in [0.3, 0.4) is 0 Å². The van der Waals surface area contributed by atoms with E-state index in [1.54, 1.807) is 43.5 Å². The van der Waals surface area contributed by atoms with Gasteiger partial charge >= 0.3 is 0 Å². The second-order valence-electron chi connectivity index (χ2n) is 6.82. The van der Waals surface area contributed by atoms with Gasteiger partial charge in [0.05, 0.1) is 22.8 Å². The van der Waals surface area contributed by atoms with E-state index in [-0.39, 0.29) is 23.1 Å². The number of pyridine rings is 1. The zero-order valence-electron chi connectivity index (χ0n) is 16.7. The molecule has 0 saturated heterocycles. The lowest BCUT2D eigenvalue weighted by Gasteiger charge is -2.15. The number of hydrogen-bond acceptors (Lipinski definition) is 7. The van der Waals surface area contributed by atoms with E-state index in [0.717, 1.165) is 11.8 Å². The molecule has 0 unspecified atom stereocenters. The lowest BCUT2D eigenvalue weighted by Crippen LogP contribution is -2.35. The molecule has 7 nitrogen and oxygen atoms in total. The molecule has 0 saturated carbocycles. The molecule has 0 aliphatic heterocycles. The summed E-state index contributed by atoms with van der Waals surface area (Å²) in [6.07, 6.45) is 2.41. The minimum Gasteiger partial charge on any atom is -0.488 e. The fraction of sp³-hybridized carbons (Fsp3) is 0.130. The van der Waals surface area contributed by atoms with E-state index < -0.39 is 10.9 Å². The highest BCUT2D eigenvalue weighted by Gasteiger charge is 2.23. The first kappa shape index (κ1) is 20.6. The Morgan fingerprint density at radius 2 is 1.94 bits per heavy atom. The number of carbonyl (C=O) groups excluding carboxylic acids is 1. The van der Waals surface area contributed by atoms with Gasteiger partial charge in [-0.05, 0) is 49.7 Å². The predicted octanol–water partition coefficient (Wildman–Crippen LogP) is 4.54. The summed E-state index contributed by atoms with van der Waals surface area (Å²) in [4.78, 5) is 39.1. The van der Waals surface area contributed by atoms with Crippen LogP contribution in [-0.2, 0) is 0 Å². The van der Waals surface area contributed by atoms with Crippen molar-refractivity contribution < 1.29 is 14.3 Å². The van der Waals surface area contributed by atoms with Gasteiger partial charge in [-0.2, -0.15) is 0 Å². The monoisotopic (exact) mass is 436 g/mol. The number of carbonyl (C=O) groups is 1. The molecule has 1 N–H and O–H groups in total. The van der Waals surface area contributed by atoms with Crippen LogP contribution in [0, 0.1) is 6.92 Å². The zero-order chi connectivity index (χ0) is 22.1. The van der Waals surface area contributed by atoms with Crippen LogP contribution in [0.5, 0.6) is 17.2 Å². The van der Waals surface area contributed by atoms with E-state index in [2.05, 4.69) is 10.3 Å². The summed E-state index contributed by atoms with van der Waals surface area (Å²) in [6.45, 7) is 3.84. The van der Waals surface area contributed by atoms with E-state index in [9.17, 15) is 14.4 Å². The molecule has 1 heterocycles. The fourth-order valence-electron chi connectivity index (χ4n) is 3.19. The molecule has 0 atom stereocenters. The number of benzene rings is 2. The molecular weight excluding hydrogens is 420 g/mol. The molecule has 0 fully saturated rings. The third kappa shape index (κ3) is 3.75. The topological polar surface area (TPSA) is 94.6 Å². The first-order chi connectivity index (χ1) is 14.9. The van der Waals surface area contributed by atoms with Crippen molar-refractivity contribution in [3.05, 3.63) is 79.2 Å². The number of anilines is 2. The Kier molecular flexibility index (Phi) is 5.44. The lowest BCUT2D eigenvalue weighted by atomic mass is 10.1. The number of halogens is 1. The normalized spacial score (nSPS) is 10.9. The number of rotatable bonds is 7. The standard InChI is InChI=1S/C23H17ClN2O5/c1-3-30-23-20(21(28)22(23)29)26-17-5-4-14(10-16(17)24)31-19-6-7-25-18-8-12(2)13(11-27)9-15(18)19/h4-11,26H,3H2,1-2H3. The Morgan fingerprint density at radius 3 is 2.65 bits per heavy atom. The number of aromatic nitrogens is 1. The number of nitrogens with zero attached hydrogens (tertiary/aromatic N) is 1. The molecule has 4 rings (SSSR count). The summed E-state index contributed by atoms with van der Waals surface area (Å²) in [5, 5.41) is 3.83. The van der Waals surface area contributed by atoms with Crippen molar-refractivity contribution >= 4 is 40.2 Å². The Balaban J connectivity index is 1.63. The van der Waals surface area contributed by atoms with E-state index in [4.69, 9.17) is 21.1 Å². The van der Waals surface area contributed by atoms with Gasteiger partial charge < -0.3 is 14.8 Å². The first-order valence-corrected chi connectivity index (χ1v) is 9.85. The highest BCUT2D eigenvalue weighted by atomic mass is 35.5. The summed E-state index contributed by atoms with van der Waals surface area (Å²) < 4.78 is 11.2. The second kappa shape index (κ2) is 8.20. The van der Waals surface area contributed by atoms with Crippen LogP contribution in [0.2, 0.25) is 5.02 Å². The molecule has 1 aromatic heterocycles. The van der Waals surface area contributed by atoms with E-state index in [1.807, 2.05) is 13.0 Å². The van der Waals surface area contributed by atoms with Crippen molar-refractivity contribution in [3.8, 4) is 17.2 Å². The maximum atomic E-state index is 11.8. The highest BCUT2D eigenvalue weighted by Crippen LogP contribution is 2.35. The Hall–Kier alpha value is -3.71. The summed E-state index contributed by atoms with van der Waals surface area (Å²) in [5.74, 6) is 0.978. The van der Waals surface area contributed by atoms with Crippen molar-refractivity contribution in [3.63, 3.8) is 0 Å². The van der Waals surface area contributed by atoms with Crippen molar-refractivity contribution in [1.82, 2.24) is 4.98 Å². The smallest absolute Gasteiger partial charge is 0.272 e. The quantitative estimate of drug-likeness (QED) is 0.335. The van der Waals surface area contributed by atoms with Gasteiger partial charge in [-0.25, -0.2) is 0 Å². The van der Waals surface area contributed by atoms with Gasteiger partial charge in [0.25, 0.3) is 10.9 Å². The van der Waals surface area contributed by atoms with Crippen LogP contribution in [0.4, 0.5) is 11.4 Å². The SMILES string of the molecule is CCOc1c(Nc2ccc(Oc3ccnc4cc(C)c(C=O)cc34)cc2Cl)c(=O)c1=O. The third-order valence-corrected chi connectivity index (χ3v) is 5.11.